The number of hydrogen-bond donors (Lipinski definition) is 1. The van der Waals surface area contributed by atoms with Crippen LogP contribution in [0.1, 0.15) is 39.5 Å². The monoisotopic (exact) mass is 198 g/mol. The summed E-state index contributed by atoms with van der Waals surface area (Å²) >= 11 is 0. The lowest BCUT2D eigenvalue weighted by atomic mass is 9.80. The van der Waals surface area contributed by atoms with Crippen molar-refractivity contribution in [3.05, 3.63) is 0 Å². The fraction of sp³-hybridized carbons (Fsp3) is 1.00. The summed E-state index contributed by atoms with van der Waals surface area (Å²) in [4.78, 5) is 2.51. The molecule has 1 aliphatic heterocycles. The van der Waals surface area contributed by atoms with Gasteiger partial charge in [-0.25, -0.2) is 0 Å². The van der Waals surface area contributed by atoms with Crippen molar-refractivity contribution in [2.24, 2.45) is 5.41 Å². The van der Waals surface area contributed by atoms with Crippen LogP contribution in [0.4, 0.5) is 0 Å². The molecule has 14 heavy (non-hydrogen) atoms. The Balaban J connectivity index is 2.25. The summed E-state index contributed by atoms with van der Waals surface area (Å²) in [7, 11) is 2.27. The van der Waals surface area contributed by atoms with Gasteiger partial charge in [0.1, 0.15) is 0 Å². The van der Waals surface area contributed by atoms with E-state index in [1.807, 2.05) is 0 Å². The second-order valence-electron chi connectivity index (χ2n) is 5.15. The van der Waals surface area contributed by atoms with E-state index in [-0.39, 0.29) is 0 Å². The van der Waals surface area contributed by atoms with Gasteiger partial charge in [-0.1, -0.05) is 20.3 Å². The number of unbranched alkanes of at least 4 members (excludes halogenated alkanes) is 1. The molecule has 2 heteroatoms. The van der Waals surface area contributed by atoms with Crippen molar-refractivity contribution >= 4 is 0 Å². The third-order valence-electron chi connectivity index (χ3n) is 3.36. The minimum absolute atomic E-state index is 0.563. The Morgan fingerprint density at radius 2 is 1.93 bits per heavy atom. The van der Waals surface area contributed by atoms with Gasteiger partial charge in [0, 0.05) is 6.54 Å². The van der Waals surface area contributed by atoms with Crippen LogP contribution in [0.25, 0.3) is 0 Å². The van der Waals surface area contributed by atoms with Crippen LogP contribution in [-0.2, 0) is 0 Å². The second kappa shape index (κ2) is 5.72. The van der Waals surface area contributed by atoms with Gasteiger partial charge in [-0.05, 0) is 51.4 Å². The molecule has 1 rings (SSSR count). The first kappa shape index (κ1) is 12.0. The predicted octanol–water partition coefficient (Wildman–Crippen LogP) is 2.11. The largest absolute Gasteiger partial charge is 0.317 e. The van der Waals surface area contributed by atoms with Crippen molar-refractivity contribution in [2.45, 2.75) is 39.5 Å². The molecule has 1 fully saturated rings. The normalized spacial score (nSPS) is 21.4. The van der Waals surface area contributed by atoms with E-state index in [9.17, 15) is 0 Å². The van der Waals surface area contributed by atoms with E-state index in [1.165, 1.54) is 51.9 Å². The summed E-state index contributed by atoms with van der Waals surface area (Å²) in [5.41, 5.74) is 0.563. The van der Waals surface area contributed by atoms with Crippen molar-refractivity contribution in [3.63, 3.8) is 0 Å². The molecule has 0 atom stereocenters. The van der Waals surface area contributed by atoms with Gasteiger partial charge in [-0.3, -0.25) is 0 Å². The fourth-order valence-corrected chi connectivity index (χ4v) is 2.35. The molecule has 1 saturated heterocycles. The molecule has 1 N–H and O–H groups in total. The number of nitrogens with zero attached hydrogens (tertiary/aromatic N) is 1. The zero-order chi connectivity index (χ0) is 10.4. The third kappa shape index (κ3) is 3.97. The predicted molar refractivity (Wildman–Crippen MR) is 62.6 cm³/mol. The number of hydrogen-bond acceptors (Lipinski definition) is 2. The Kier molecular flexibility index (Phi) is 4.90. The molecule has 0 amide bonds. The maximum Gasteiger partial charge on any atom is 0.00332 e. The van der Waals surface area contributed by atoms with Crippen molar-refractivity contribution < 1.29 is 0 Å². The summed E-state index contributed by atoms with van der Waals surface area (Å²) in [6.07, 6.45) is 5.32. The lowest BCUT2D eigenvalue weighted by molar-refractivity contribution is 0.146. The highest BCUT2D eigenvalue weighted by Crippen LogP contribution is 2.28. The van der Waals surface area contributed by atoms with Gasteiger partial charge in [0.2, 0.25) is 0 Å². The summed E-state index contributed by atoms with van der Waals surface area (Å²) in [6, 6.07) is 0. The minimum atomic E-state index is 0.563. The highest BCUT2D eigenvalue weighted by molar-refractivity contribution is 4.82. The Labute approximate surface area is 89.1 Å². The van der Waals surface area contributed by atoms with E-state index in [4.69, 9.17) is 0 Å². The van der Waals surface area contributed by atoms with Crippen LogP contribution in [0, 0.1) is 5.41 Å². The smallest absolute Gasteiger partial charge is 0.00332 e. The van der Waals surface area contributed by atoms with Gasteiger partial charge in [0.25, 0.3) is 0 Å². The average molecular weight is 198 g/mol. The minimum Gasteiger partial charge on any atom is -0.317 e. The number of rotatable bonds is 5. The molecule has 0 aromatic heterocycles. The molecule has 0 saturated carbocycles. The van der Waals surface area contributed by atoms with E-state index < -0.39 is 0 Å². The quantitative estimate of drug-likeness (QED) is 0.728. The fourth-order valence-electron chi connectivity index (χ4n) is 2.35. The second-order valence-corrected chi connectivity index (χ2v) is 5.15. The highest BCUT2D eigenvalue weighted by atomic mass is 15.1. The van der Waals surface area contributed by atoms with Crippen molar-refractivity contribution in [3.8, 4) is 0 Å². The molecule has 2 nitrogen and oxygen atoms in total. The first-order valence-corrected chi connectivity index (χ1v) is 6.05. The lowest BCUT2D eigenvalue weighted by Crippen LogP contribution is -2.42. The molecule has 1 heterocycles. The zero-order valence-electron chi connectivity index (χ0n) is 10.1. The SMILES string of the molecule is CCCCN(C)CC1(C)CCNCC1. The van der Waals surface area contributed by atoms with Crippen molar-refractivity contribution in [1.29, 1.82) is 0 Å². The molecule has 1 aliphatic rings. The summed E-state index contributed by atoms with van der Waals surface area (Å²) in [5.74, 6) is 0. The summed E-state index contributed by atoms with van der Waals surface area (Å²) in [5, 5.41) is 3.44. The van der Waals surface area contributed by atoms with Gasteiger partial charge >= 0.3 is 0 Å². The molecule has 0 bridgehead atoms. The van der Waals surface area contributed by atoms with Crippen LogP contribution in [0.2, 0.25) is 0 Å². The van der Waals surface area contributed by atoms with Crippen LogP contribution < -0.4 is 5.32 Å². The van der Waals surface area contributed by atoms with Crippen LogP contribution in [-0.4, -0.2) is 38.1 Å². The summed E-state index contributed by atoms with van der Waals surface area (Å²) < 4.78 is 0. The van der Waals surface area contributed by atoms with E-state index in [0.29, 0.717) is 5.41 Å². The first-order valence-electron chi connectivity index (χ1n) is 6.05. The van der Waals surface area contributed by atoms with E-state index >= 15 is 0 Å². The Hall–Kier alpha value is -0.0800. The zero-order valence-corrected chi connectivity index (χ0v) is 10.1. The molecule has 0 radical (unpaired) electrons. The van der Waals surface area contributed by atoms with Gasteiger partial charge in [0.15, 0.2) is 0 Å². The van der Waals surface area contributed by atoms with Crippen molar-refractivity contribution in [2.75, 3.05) is 33.2 Å². The first-order chi connectivity index (χ1) is 6.66. The van der Waals surface area contributed by atoms with Gasteiger partial charge in [-0.2, -0.15) is 0 Å². The molecule has 0 aliphatic carbocycles. The average Bonchev–Trinajstić information content (AvgIpc) is 2.15. The highest BCUT2D eigenvalue weighted by Gasteiger charge is 2.27. The van der Waals surface area contributed by atoms with Crippen LogP contribution in [0.15, 0.2) is 0 Å². The third-order valence-corrected chi connectivity index (χ3v) is 3.36. The van der Waals surface area contributed by atoms with Gasteiger partial charge < -0.3 is 10.2 Å². The summed E-state index contributed by atoms with van der Waals surface area (Å²) in [6.45, 7) is 9.65. The standard InChI is InChI=1S/C12H26N2/c1-4-5-10-14(3)11-12(2)6-8-13-9-7-12/h13H,4-11H2,1-3H3. The van der Waals surface area contributed by atoms with Gasteiger partial charge in [0.05, 0.1) is 0 Å². The lowest BCUT2D eigenvalue weighted by Gasteiger charge is -2.37. The molecular weight excluding hydrogens is 172 g/mol. The van der Waals surface area contributed by atoms with E-state index in [1.54, 1.807) is 0 Å². The molecular formula is C12H26N2. The number of nitrogens with one attached hydrogen (secondary N) is 1. The Morgan fingerprint density at radius 1 is 1.29 bits per heavy atom. The van der Waals surface area contributed by atoms with E-state index in [0.717, 1.165) is 0 Å². The molecule has 0 aromatic carbocycles. The van der Waals surface area contributed by atoms with Crippen LogP contribution in [0.5, 0.6) is 0 Å². The van der Waals surface area contributed by atoms with Gasteiger partial charge in [-0.15, -0.1) is 0 Å². The van der Waals surface area contributed by atoms with Crippen molar-refractivity contribution in [1.82, 2.24) is 10.2 Å². The van der Waals surface area contributed by atoms with Crippen LogP contribution in [0.3, 0.4) is 0 Å². The molecule has 84 valence electrons. The maximum absolute atomic E-state index is 3.44. The van der Waals surface area contributed by atoms with E-state index in [2.05, 4.69) is 31.1 Å². The molecule has 0 unspecified atom stereocenters. The Morgan fingerprint density at radius 3 is 2.50 bits per heavy atom. The molecule has 0 aromatic rings. The maximum atomic E-state index is 3.44. The Bertz CT molecular complexity index is 150. The number of piperidine rings is 1. The topological polar surface area (TPSA) is 15.3 Å². The molecule has 0 spiro atoms. The van der Waals surface area contributed by atoms with Crippen LogP contribution >= 0.6 is 0 Å².